The first-order valence-corrected chi connectivity index (χ1v) is 12.9. The van der Waals surface area contributed by atoms with Gasteiger partial charge in [0.15, 0.2) is 11.5 Å². The monoisotopic (exact) mass is 490 g/mol. The van der Waals surface area contributed by atoms with Gasteiger partial charge in [-0.3, -0.25) is 4.79 Å². The van der Waals surface area contributed by atoms with Crippen LogP contribution < -0.4 is 9.47 Å². The maximum absolute atomic E-state index is 13.1. The summed E-state index contributed by atoms with van der Waals surface area (Å²) in [7, 11) is -3.70. The summed E-state index contributed by atoms with van der Waals surface area (Å²) in [6, 6.07) is 6.43. The van der Waals surface area contributed by atoms with E-state index < -0.39 is 10.0 Å². The minimum atomic E-state index is -3.70. The number of rotatable bonds is 5. The lowest BCUT2D eigenvalue weighted by atomic mass is 10.3. The molecule has 13 heteroatoms. The summed E-state index contributed by atoms with van der Waals surface area (Å²) in [6.45, 7) is 2.12. The summed E-state index contributed by atoms with van der Waals surface area (Å²) in [5.74, 6) is 1.55. The van der Waals surface area contributed by atoms with Gasteiger partial charge in [0, 0.05) is 51.1 Å². The highest BCUT2D eigenvalue weighted by Crippen LogP contribution is 2.33. The van der Waals surface area contributed by atoms with Crippen LogP contribution in [0, 0.1) is 0 Å². The highest BCUT2D eigenvalue weighted by atomic mass is 32.2. The van der Waals surface area contributed by atoms with E-state index in [0.29, 0.717) is 48.7 Å². The number of benzene rings is 1. The van der Waals surface area contributed by atoms with Crippen LogP contribution >= 0.6 is 11.8 Å². The average Bonchev–Trinajstić information content (AvgIpc) is 3.11. The summed E-state index contributed by atoms with van der Waals surface area (Å²) >= 11 is 1.23. The number of aromatic nitrogens is 4. The minimum Gasteiger partial charge on any atom is -0.490 e. The topological polar surface area (TPSA) is 119 Å². The molecule has 4 heterocycles. The number of piperazine rings is 1. The zero-order valence-corrected chi connectivity index (χ0v) is 19.3. The van der Waals surface area contributed by atoms with Gasteiger partial charge in [-0.05, 0) is 18.2 Å². The van der Waals surface area contributed by atoms with E-state index in [9.17, 15) is 13.2 Å². The molecule has 5 rings (SSSR count). The number of sulfonamides is 1. The van der Waals surface area contributed by atoms with Crippen molar-refractivity contribution in [3.05, 3.63) is 36.7 Å². The number of carbonyl (C=O) groups is 1. The van der Waals surface area contributed by atoms with Gasteiger partial charge < -0.3 is 14.4 Å². The van der Waals surface area contributed by atoms with Crippen molar-refractivity contribution >= 4 is 33.5 Å². The number of thioether (sulfide) groups is 1. The molecule has 0 atom stereocenters. The van der Waals surface area contributed by atoms with Gasteiger partial charge in [0.1, 0.15) is 0 Å². The molecule has 0 saturated carbocycles. The highest BCUT2D eigenvalue weighted by Gasteiger charge is 2.31. The van der Waals surface area contributed by atoms with Crippen molar-refractivity contribution in [3.63, 3.8) is 0 Å². The fourth-order valence-corrected chi connectivity index (χ4v) is 5.79. The third-order valence-corrected chi connectivity index (χ3v) is 8.09. The molecule has 33 heavy (non-hydrogen) atoms. The molecule has 0 aliphatic carbocycles. The molecular weight excluding hydrogens is 468 g/mol. The van der Waals surface area contributed by atoms with Crippen LogP contribution in [0.4, 0.5) is 0 Å². The van der Waals surface area contributed by atoms with E-state index in [1.54, 1.807) is 33.9 Å². The second-order valence-electron chi connectivity index (χ2n) is 7.49. The number of carbonyl (C=O) groups excluding carboxylic acids is 1. The van der Waals surface area contributed by atoms with Crippen molar-refractivity contribution in [2.24, 2.45) is 0 Å². The van der Waals surface area contributed by atoms with Crippen molar-refractivity contribution < 1.29 is 22.7 Å². The molecule has 2 aliphatic heterocycles. The van der Waals surface area contributed by atoms with E-state index >= 15 is 0 Å². The van der Waals surface area contributed by atoms with Gasteiger partial charge in [0.25, 0.3) is 5.78 Å². The van der Waals surface area contributed by atoms with Crippen LogP contribution in [0.2, 0.25) is 0 Å². The van der Waals surface area contributed by atoms with Crippen LogP contribution in [0.1, 0.15) is 6.42 Å². The average molecular weight is 491 g/mol. The molecule has 0 radical (unpaired) electrons. The molecule has 3 aromatic rings. The Morgan fingerprint density at radius 1 is 1.09 bits per heavy atom. The Bertz CT molecular complexity index is 1240. The van der Waals surface area contributed by atoms with E-state index in [-0.39, 0.29) is 29.6 Å². The standard InChI is InChI=1S/C20H22N6O5S2/c27-18(14-32-20-22-19-21-5-1-6-26(19)23-20)24-7-9-25(10-8-24)33(28,29)15-3-4-16-17(13-15)31-12-2-11-30-16/h1,3-6,13H,2,7-12,14H2. The quantitative estimate of drug-likeness (QED) is 0.481. The van der Waals surface area contributed by atoms with E-state index in [4.69, 9.17) is 9.47 Å². The van der Waals surface area contributed by atoms with Gasteiger partial charge in [0.05, 0.1) is 23.9 Å². The molecule has 0 N–H and O–H groups in total. The van der Waals surface area contributed by atoms with Gasteiger partial charge in [-0.1, -0.05) is 11.8 Å². The second-order valence-corrected chi connectivity index (χ2v) is 10.4. The summed E-state index contributed by atoms with van der Waals surface area (Å²) in [5, 5.41) is 4.74. The van der Waals surface area contributed by atoms with Gasteiger partial charge in [-0.15, -0.1) is 5.10 Å². The van der Waals surface area contributed by atoms with Crippen LogP contribution in [0.3, 0.4) is 0 Å². The number of fused-ring (bicyclic) bond motifs is 2. The largest absolute Gasteiger partial charge is 0.490 e. The van der Waals surface area contributed by atoms with Crippen molar-refractivity contribution in [2.75, 3.05) is 45.1 Å². The molecule has 2 aromatic heterocycles. The summed E-state index contributed by atoms with van der Waals surface area (Å²) < 4.78 is 40.4. The summed E-state index contributed by atoms with van der Waals surface area (Å²) in [5.41, 5.74) is 0. The number of hydrogen-bond acceptors (Lipinski definition) is 9. The van der Waals surface area contributed by atoms with E-state index in [1.807, 2.05) is 0 Å². The fraction of sp³-hybridized carbons (Fsp3) is 0.400. The molecule has 1 saturated heterocycles. The Morgan fingerprint density at radius 2 is 1.88 bits per heavy atom. The van der Waals surface area contributed by atoms with E-state index in [2.05, 4.69) is 15.1 Å². The fourth-order valence-electron chi connectivity index (χ4n) is 3.62. The van der Waals surface area contributed by atoms with Crippen LogP contribution in [0.25, 0.3) is 5.78 Å². The molecule has 11 nitrogen and oxygen atoms in total. The Hall–Kier alpha value is -2.90. The van der Waals surface area contributed by atoms with Crippen molar-refractivity contribution in [3.8, 4) is 11.5 Å². The Kier molecular flexibility index (Phi) is 6.08. The summed E-state index contributed by atoms with van der Waals surface area (Å²) in [4.78, 5) is 22.8. The number of amides is 1. The Balaban J connectivity index is 1.18. The molecule has 0 unspecified atom stereocenters. The van der Waals surface area contributed by atoms with Crippen LogP contribution in [0.15, 0.2) is 46.7 Å². The Morgan fingerprint density at radius 3 is 2.67 bits per heavy atom. The summed E-state index contributed by atoms with van der Waals surface area (Å²) in [6.07, 6.45) is 4.11. The first-order valence-electron chi connectivity index (χ1n) is 10.5. The first-order chi connectivity index (χ1) is 16.0. The first kappa shape index (κ1) is 21.9. The van der Waals surface area contributed by atoms with Gasteiger partial charge in [-0.2, -0.15) is 9.29 Å². The van der Waals surface area contributed by atoms with E-state index in [0.717, 1.165) is 6.42 Å². The smallest absolute Gasteiger partial charge is 0.253 e. The van der Waals surface area contributed by atoms with Gasteiger partial charge >= 0.3 is 0 Å². The van der Waals surface area contributed by atoms with Crippen LogP contribution in [-0.4, -0.2) is 88.3 Å². The maximum atomic E-state index is 13.1. The molecule has 174 valence electrons. The SMILES string of the molecule is O=C(CSc1nc2ncccn2n1)N1CCN(S(=O)(=O)c2ccc3c(c2)OCCCO3)CC1. The number of ether oxygens (including phenoxy) is 2. The van der Waals surface area contributed by atoms with Crippen LogP contribution in [0.5, 0.6) is 11.5 Å². The van der Waals surface area contributed by atoms with Gasteiger partial charge in [-0.25, -0.2) is 17.9 Å². The van der Waals surface area contributed by atoms with Crippen molar-refractivity contribution in [1.29, 1.82) is 0 Å². The van der Waals surface area contributed by atoms with Crippen molar-refractivity contribution in [1.82, 2.24) is 28.8 Å². The second kappa shape index (κ2) is 9.15. The highest BCUT2D eigenvalue weighted by molar-refractivity contribution is 7.99. The maximum Gasteiger partial charge on any atom is 0.253 e. The molecule has 0 bridgehead atoms. The predicted octanol–water partition coefficient (Wildman–Crippen LogP) is 0.911. The zero-order valence-electron chi connectivity index (χ0n) is 17.7. The number of nitrogens with zero attached hydrogens (tertiary/aromatic N) is 6. The van der Waals surface area contributed by atoms with Crippen LogP contribution in [-0.2, 0) is 14.8 Å². The Labute approximate surface area is 194 Å². The van der Waals surface area contributed by atoms with Gasteiger partial charge in [0.2, 0.25) is 21.1 Å². The molecule has 2 aliphatic rings. The normalized spacial score (nSPS) is 17.2. The third-order valence-electron chi connectivity index (χ3n) is 5.37. The molecule has 1 fully saturated rings. The van der Waals surface area contributed by atoms with Crippen molar-refractivity contribution in [2.45, 2.75) is 16.5 Å². The predicted molar refractivity (Wildman–Crippen MR) is 119 cm³/mol. The minimum absolute atomic E-state index is 0.0838. The molecule has 1 amide bonds. The zero-order chi connectivity index (χ0) is 22.8. The third kappa shape index (κ3) is 4.61. The lowest BCUT2D eigenvalue weighted by Gasteiger charge is -2.34. The molecule has 0 spiro atoms. The number of hydrogen-bond donors (Lipinski definition) is 0. The molecule has 1 aromatic carbocycles. The molecular formula is C20H22N6O5S2. The van der Waals surface area contributed by atoms with E-state index in [1.165, 1.54) is 28.2 Å². The lowest BCUT2D eigenvalue weighted by Crippen LogP contribution is -2.50. The lowest BCUT2D eigenvalue weighted by molar-refractivity contribution is -0.129.